The van der Waals surface area contributed by atoms with Gasteiger partial charge in [-0.3, -0.25) is 0 Å². The maximum Gasteiger partial charge on any atom is 0 e. The first kappa shape index (κ1) is 16.1. The fraction of sp³-hybridized carbons (Fsp3) is 0.500. The van der Waals surface area contributed by atoms with Gasteiger partial charge < -0.3 is 4.42 Å². The quantitative estimate of drug-likeness (QED) is 0.308. The fourth-order valence-electron chi connectivity index (χ4n) is 0.131. The van der Waals surface area contributed by atoms with Crippen LogP contribution < -0.4 is 0 Å². The largest absolute Gasteiger partial charge is 0.587 e. The molecule has 0 heterocycles. The van der Waals surface area contributed by atoms with E-state index in [1.807, 2.05) is 0 Å². The third-order valence-corrected chi connectivity index (χ3v) is 0.637. The van der Waals surface area contributed by atoms with Gasteiger partial charge in [-0.05, 0) is 7.11 Å². The Labute approximate surface area is 78.4 Å². The van der Waals surface area contributed by atoms with E-state index in [2.05, 4.69) is 27.1 Å². The Kier molecular flexibility index (Phi) is 31.6. The molecule has 0 aromatic heterocycles. The van der Waals surface area contributed by atoms with Crippen molar-refractivity contribution in [2.24, 2.45) is 0 Å². The Bertz CT molecular complexity index is 49.3. The van der Waals surface area contributed by atoms with Gasteiger partial charge in [0.2, 0.25) is 0 Å². The van der Waals surface area contributed by atoms with Gasteiger partial charge in [-0.2, -0.15) is 0 Å². The maximum absolute atomic E-state index is 4.27. The Balaban J connectivity index is -0.000000125. The van der Waals surface area contributed by atoms with E-state index in [4.69, 9.17) is 0 Å². The van der Waals surface area contributed by atoms with Gasteiger partial charge in [0, 0.05) is 39.0 Å². The van der Waals surface area contributed by atoms with Crippen molar-refractivity contribution in [3.63, 3.8) is 0 Å². The van der Waals surface area contributed by atoms with Crippen LogP contribution in [0.4, 0.5) is 0 Å². The van der Waals surface area contributed by atoms with Crippen molar-refractivity contribution in [3.05, 3.63) is 7.11 Å². The number of carbonyl (C=O) groups excluding carboxylic acids is 1. The molecule has 0 N–H and O–H groups in total. The average molecular weight is 309 g/mol. The van der Waals surface area contributed by atoms with Crippen LogP contribution in [0.1, 0.15) is 6.42 Å². The molecule has 0 bridgehead atoms. The molecule has 0 saturated carbocycles. The second kappa shape index (κ2) is 15.7. The van der Waals surface area contributed by atoms with Gasteiger partial charge in [-0.1, -0.05) is 12.4 Å². The molecule has 1 atom stereocenters. The zero-order chi connectivity index (χ0) is 4.83. The summed E-state index contributed by atoms with van der Waals surface area (Å²) < 4.78 is 4.27. The van der Waals surface area contributed by atoms with E-state index in [-0.39, 0.29) is 39.0 Å². The molecular formula is C4H8OPRh2-. The third-order valence-electron chi connectivity index (χ3n) is 0.348. The molecule has 0 aliphatic rings. The van der Waals surface area contributed by atoms with E-state index in [9.17, 15) is 0 Å². The molecule has 0 spiro atoms. The van der Waals surface area contributed by atoms with Crippen molar-refractivity contribution < 1.29 is 43.4 Å². The molecule has 8 heavy (non-hydrogen) atoms. The summed E-state index contributed by atoms with van der Waals surface area (Å²) in [5.41, 5.74) is 0. The minimum Gasteiger partial charge on any atom is -0.587 e. The van der Waals surface area contributed by atoms with Crippen LogP contribution in [0.3, 0.4) is 0 Å². The molecule has 0 aromatic rings. The Morgan fingerprint density at radius 2 is 2.00 bits per heavy atom. The van der Waals surface area contributed by atoms with E-state index in [0.29, 0.717) is 0 Å². The molecular weight excluding hydrogens is 301 g/mol. The summed E-state index contributed by atoms with van der Waals surface area (Å²) in [5.74, 6) is 0. The van der Waals surface area contributed by atoms with Gasteiger partial charge in [-0.15, -0.1) is 15.7 Å². The van der Waals surface area contributed by atoms with Crippen LogP contribution in [-0.4, -0.2) is 12.4 Å². The number of hydrogen-bond acceptors (Lipinski definition) is 0. The minimum atomic E-state index is 0. The standard InChI is InChI=1S/C4H8OP.2Rh/c1-5-3-2-4-6;;/h1-2,4,6H2;;/q-1;;. The normalized spacial score (nSPS) is 7.62. The van der Waals surface area contributed by atoms with Gasteiger partial charge >= 0.3 is 0 Å². The van der Waals surface area contributed by atoms with E-state index in [1.165, 1.54) is 0 Å². The van der Waals surface area contributed by atoms with E-state index in [0.717, 1.165) is 12.6 Å². The SMILES string of the molecule is [CH2-][O+]=[C-]CCP.[Rh].[Rh]. The molecule has 0 aliphatic carbocycles. The zero-order valence-electron chi connectivity index (χ0n) is 4.27. The summed E-state index contributed by atoms with van der Waals surface area (Å²) in [7, 11) is 5.66. The predicted octanol–water partition coefficient (Wildman–Crippen LogP) is 0.684. The molecule has 1 nitrogen and oxygen atoms in total. The molecule has 54 valence electrons. The predicted molar refractivity (Wildman–Crippen MR) is 30.2 cm³/mol. The number of hydrogen-bond donors (Lipinski definition) is 0. The second-order valence-electron chi connectivity index (χ2n) is 0.827. The first-order valence-electron chi connectivity index (χ1n) is 1.75. The Morgan fingerprint density at radius 3 is 2.12 bits per heavy atom. The molecule has 0 amide bonds. The molecule has 1 unspecified atom stereocenters. The molecule has 4 heteroatoms. The summed E-state index contributed by atoms with van der Waals surface area (Å²) in [4.78, 5) is 0. The number of rotatable bonds is 2. The van der Waals surface area contributed by atoms with E-state index in [1.54, 1.807) is 0 Å². The minimum absolute atomic E-state index is 0. The van der Waals surface area contributed by atoms with Crippen molar-refractivity contribution in [1.82, 2.24) is 0 Å². The molecule has 0 aliphatic heterocycles. The van der Waals surface area contributed by atoms with Crippen molar-refractivity contribution in [3.8, 4) is 0 Å². The second-order valence-corrected chi connectivity index (χ2v) is 1.40. The molecule has 0 fully saturated rings. The van der Waals surface area contributed by atoms with Crippen molar-refractivity contribution in [2.45, 2.75) is 6.42 Å². The summed E-state index contributed by atoms with van der Waals surface area (Å²) >= 11 is 0. The fourth-order valence-corrected chi connectivity index (χ4v) is 0.249. The van der Waals surface area contributed by atoms with Gasteiger partial charge in [-0.25, -0.2) is 0 Å². The first-order valence-corrected chi connectivity index (χ1v) is 2.57. The average Bonchev–Trinajstić information content (AvgIpc) is 1.61. The van der Waals surface area contributed by atoms with Crippen molar-refractivity contribution in [2.75, 3.05) is 6.16 Å². The van der Waals surface area contributed by atoms with Crippen LogP contribution in [-0.2, 0) is 43.4 Å². The van der Waals surface area contributed by atoms with Gasteiger partial charge in [0.15, 0.2) is 0 Å². The monoisotopic (exact) mass is 309 g/mol. The van der Waals surface area contributed by atoms with Gasteiger partial charge in [0.1, 0.15) is 0 Å². The molecule has 0 rings (SSSR count). The van der Waals surface area contributed by atoms with Crippen molar-refractivity contribution >= 4 is 15.5 Å². The molecule has 0 saturated heterocycles. The van der Waals surface area contributed by atoms with Gasteiger partial charge in [0.05, 0.1) is 0 Å². The van der Waals surface area contributed by atoms with Crippen LogP contribution in [0.25, 0.3) is 0 Å². The summed E-state index contributed by atoms with van der Waals surface area (Å²) in [6, 6.07) is 0. The van der Waals surface area contributed by atoms with Gasteiger partial charge in [0.25, 0.3) is 0 Å². The smallest absolute Gasteiger partial charge is 0 e. The van der Waals surface area contributed by atoms with Crippen LogP contribution >= 0.6 is 9.24 Å². The Morgan fingerprint density at radius 1 is 1.50 bits per heavy atom. The summed E-state index contributed by atoms with van der Waals surface area (Å²) in [6.45, 7) is 0. The van der Waals surface area contributed by atoms with Crippen LogP contribution in [0, 0.1) is 7.11 Å². The van der Waals surface area contributed by atoms with Crippen LogP contribution in [0.5, 0.6) is 0 Å². The topological polar surface area (TPSA) is 11.3 Å². The summed E-state index contributed by atoms with van der Waals surface area (Å²) in [6.07, 6.45) is 4.40. The van der Waals surface area contributed by atoms with Crippen LogP contribution in [0.2, 0.25) is 0 Å². The summed E-state index contributed by atoms with van der Waals surface area (Å²) in [5, 5.41) is 0. The molecule has 0 aromatic carbocycles. The Hall–Kier alpha value is 1.22. The zero-order valence-corrected chi connectivity index (χ0v) is 8.71. The molecule has 2 radical (unpaired) electrons. The van der Waals surface area contributed by atoms with Crippen LogP contribution in [0.15, 0.2) is 0 Å². The van der Waals surface area contributed by atoms with Crippen molar-refractivity contribution in [1.29, 1.82) is 0 Å². The van der Waals surface area contributed by atoms with E-state index >= 15 is 0 Å². The maximum atomic E-state index is 4.27. The van der Waals surface area contributed by atoms with E-state index < -0.39 is 0 Å². The third kappa shape index (κ3) is 15.7. The first-order chi connectivity index (χ1) is 2.91.